The third-order valence-corrected chi connectivity index (χ3v) is 3.15. The quantitative estimate of drug-likeness (QED) is 0.807. The number of carbonyl (C=O) groups is 1. The van der Waals surface area contributed by atoms with Crippen LogP contribution in [0.15, 0.2) is 0 Å². The number of nitrogens with zero attached hydrogens (tertiary/aromatic N) is 1. The lowest BCUT2D eigenvalue weighted by Gasteiger charge is -2.27. The lowest BCUT2D eigenvalue weighted by atomic mass is 9.95. The Kier molecular flexibility index (Phi) is 5.92. The lowest BCUT2D eigenvalue weighted by molar-refractivity contribution is -0.136. The summed E-state index contributed by atoms with van der Waals surface area (Å²) in [5.74, 6) is 0.687. The van der Waals surface area contributed by atoms with E-state index in [1.807, 2.05) is 11.8 Å². The minimum Gasteiger partial charge on any atom is -0.377 e. The zero-order valence-corrected chi connectivity index (χ0v) is 11.3. The molecule has 1 aliphatic rings. The topological polar surface area (TPSA) is 55.6 Å². The summed E-state index contributed by atoms with van der Waals surface area (Å²) in [6.45, 7) is 8.98. The predicted octanol–water partition coefficient (Wildman–Crippen LogP) is 1.24. The van der Waals surface area contributed by atoms with Gasteiger partial charge in [0.1, 0.15) is 0 Å². The maximum Gasteiger partial charge on any atom is 0.227 e. The number of rotatable bonds is 4. The van der Waals surface area contributed by atoms with Gasteiger partial charge in [-0.05, 0) is 25.7 Å². The molecule has 0 aliphatic carbocycles. The van der Waals surface area contributed by atoms with Gasteiger partial charge in [0.25, 0.3) is 0 Å². The van der Waals surface area contributed by atoms with Crippen molar-refractivity contribution in [3.8, 4) is 0 Å². The van der Waals surface area contributed by atoms with Gasteiger partial charge in [-0.1, -0.05) is 13.8 Å². The van der Waals surface area contributed by atoms with Gasteiger partial charge in [-0.25, -0.2) is 0 Å². The molecule has 100 valence electrons. The van der Waals surface area contributed by atoms with Gasteiger partial charge in [-0.2, -0.15) is 0 Å². The summed E-state index contributed by atoms with van der Waals surface area (Å²) >= 11 is 0. The number of amides is 1. The number of hydrogen-bond acceptors (Lipinski definition) is 3. The van der Waals surface area contributed by atoms with Crippen LogP contribution in [-0.2, 0) is 9.53 Å². The zero-order valence-electron chi connectivity index (χ0n) is 11.3. The van der Waals surface area contributed by atoms with Crippen molar-refractivity contribution >= 4 is 5.91 Å². The zero-order chi connectivity index (χ0) is 12.8. The Balaban J connectivity index is 2.58. The maximum absolute atomic E-state index is 12.4. The Morgan fingerprint density at radius 2 is 2.24 bits per heavy atom. The molecule has 1 amide bonds. The van der Waals surface area contributed by atoms with Crippen LogP contribution in [0.2, 0.25) is 0 Å². The van der Waals surface area contributed by atoms with Crippen molar-refractivity contribution in [1.82, 2.24) is 4.90 Å². The third kappa shape index (κ3) is 4.64. The first kappa shape index (κ1) is 14.5. The van der Waals surface area contributed by atoms with Crippen molar-refractivity contribution in [2.75, 3.05) is 26.2 Å². The summed E-state index contributed by atoms with van der Waals surface area (Å²) in [6.07, 6.45) is 1.94. The number of carbonyl (C=O) groups excluding carboxylic acids is 1. The monoisotopic (exact) mass is 242 g/mol. The highest BCUT2D eigenvalue weighted by Gasteiger charge is 2.26. The molecule has 0 radical (unpaired) electrons. The molecule has 1 heterocycles. The molecule has 1 saturated heterocycles. The summed E-state index contributed by atoms with van der Waals surface area (Å²) in [5.41, 5.74) is 5.72. The average molecular weight is 242 g/mol. The molecular formula is C13H26N2O2. The first-order valence-corrected chi connectivity index (χ1v) is 6.65. The van der Waals surface area contributed by atoms with Crippen LogP contribution in [0.1, 0.15) is 33.6 Å². The molecule has 4 heteroatoms. The average Bonchev–Trinajstić information content (AvgIpc) is 2.49. The minimum absolute atomic E-state index is 0.0275. The van der Waals surface area contributed by atoms with Gasteiger partial charge < -0.3 is 15.4 Å². The molecule has 1 fully saturated rings. The smallest absolute Gasteiger partial charge is 0.227 e. The molecule has 1 aliphatic heterocycles. The van der Waals surface area contributed by atoms with E-state index in [1.165, 1.54) is 0 Å². The van der Waals surface area contributed by atoms with Gasteiger partial charge in [-0.15, -0.1) is 0 Å². The van der Waals surface area contributed by atoms with E-state index in [4.69, 9.17) is 10.5 Å². The van der Waals surface area contributed by atoms with Crippen LogP contribution < -0.4 is 5.73 Å². The van der Waals surface area contributed by atoms with Gasteiger partial charge >= 0.3 is 0 Å². The second-order valence-electron chi connectivity index (χ2n) is 5.38. The molecule has 0 spiro atoms. The van der Waals surface area contributed by atoms with Gasteiger partial charge in [0.15, 0.2) is 0 Å². The molecule has 2 atom stereocenters. The molecule has 4 nitrogen and oxygen atoms in total. The summed E-state index contributed by atoms with van der Waals surface area (Å²) in [4.78, 5) is 14.3. The number of nitrogens with two attached hydrogens (primary N) is 1. The normalized spacial score (nSPS) is 23.6. The Bertz CT molecular complexity index is 244. The van der Waals surface area contributed by atoms with Crippen LogP contribution in [-0.4, -0.2) is 43.2 Å². The SMILES string of the molecule is CC(C)CC(CN)C(=O)N1CCCOC(C)C1. The number of hydrogen-bond donors (Lipinski definition) is 1. The van der Waals surface area contributed by atoms with Crippen LogP contribution >= 0.6 is 0 Å². The van der Waals surface area contributed by atoms with E-state index in [-0.39, 0.29) is 17.9 Å². The van der Waals surface area contributed by atoms with Gasteiger partial charge in [0.2, 0.25) is 5.91 Å². The molecule has 1 rings (SSSR count). The maximum atomic E-state index is 12.4. The number of ether oxygens (including phenoxy) is 1. The van der Waals surface area contributed by atoms with E-state index in [9.17, 15) is 4.79 Å². The van der Waals surface area contributed by atoms with Crippen molar-refractivity contribution in [3.63, 3.8) is 0 Å². The first-order valence-electron chi connectivity index (χ1n) is 6.65. The highest BCUT2D eigenvalue weighted by molar-refractivity contribution is 5.79. The molecule has 0 aromatic heterocycles. The van der Waals surface area contributed by atoms with Crippen molar-refractivity contribution in [3.05, 3.63) is 0 Å². The fourth-order valence-electron chi connectivity index (χ4n) is 2.32. The van der Waals surface area contributed by atoms with Crippen LogP contribution in [0.3, 0.4) is 0 Å². The van der Waals surface area contributed by atoms with Crippen molar-refractivity contribution < 1.29 is 9.53 Å². The van der Waals surface area contributed by atoms with Gasteiger partial charge in [0.05, 0.1) is 12.0 Å². The summed E-state index contributed by atoms with van der Waals surface area (Å²) in [6, 6.07) is 0. The van der Waals surface area contributed by atoms with Gasteiger partial charge in [0, 0.05) is 26.2 Å². The largest absolute Gasteiger partial charge is 0.377 e. The Hall–Kier alpha value is -0.610. The molecule has 2 N–H and O–H groups in total. The highest BCUT2D eigenvalue weighted by Crippen LogP contribution is 2.16. The molecule has 0 aromatic carbocycles. The van der Waals surface area contributed by atoms with Gasteiger partial charge in [-0.3, -0.25) is 4.79 Å². The van der Waals surface area contributed by atoms with E-state index in [1.54, 1.807) is 0 Å². The molecule has 2 unspecified atom stereocenters. The molecule has 17 heavy (non-hydrogen) atoms. The summed E-state index contributed by atoms with van der Waals surface area (Å²) in [7, 11) is 0. The second kappa shape index (κ2) is 6.97. The van der Waals surface area contributed by atoms with Crippen molar-refractivity contribution in [1.29, 1.82) is 0 Å². The molecule has 0 saturated carbocycles. The van der Waals surface area contributed by atoms with Crippen LogP contribution in [0.25, 0.3) is 0 Å². The summed E-state index contributed by atoms with van der Waals surface area (Å²) in [5, 5.41) is 0. The fraction of sp³-hybridized carbons (Fsp3) is 0.923. The third-order valence-electron chi connectivity index (χ3n) is 3.15. The lowest BCUT2D eigenvalue weighted by Crippen LogP contribution is -2.42. The van der Waals surface area contributed by atoms with Crippen LogP contribution in [0.5, 0.6) is 0 Å². The highest BCUT2D eigenvalue weighted by atomic mass is 16.5. The molecule has 0 aromatic rings. The van der Waals surface area contributed by atoms with E-state index in [0.717, 1.165) is 26.0 Å². The Morgan fingerprint density at radius 1 is 1.53 bits per heavy atom. The summed E-state index contributed by atoms with van der Waals surface area (Å²) < 4.78 is 5.55. The van der Waals surface area contributed by atoms with E-state index >= 15 is 0 Å². The molecular weight excluding hydrogens is 216 g/mol. The molecule has 0 bridgehead atoms. The van der Waals surface area contributed by atoms with Crippen LogP contribution in [0, 0.1) is 11.8 Å². The standard InChI is InChI=1S/C13H26N2O2/c1-10(2)7-12(8-14)13(16)15-5-4-6-17-11(3)9-15/h10-12H,4-9,14H2,1-3H3. The van der Waals surface area contributed by atoms with E-state index < -0.39 is 0 Å². The Labute approximate surface area is 104 Å². The van der Waals surface area contributed by atoms with E-state index in [2.05, 4.69) is 13.8 Å². The fourth-order valence-corrected chi connectivity index (χ4v) is 2.32. The predicted molar refractivity (Wildman–Crippen MR) is 68.6 cm³/mol. The van der Waals surface area contributed by atoms with Crippen LogP contribution in [0.4, 0.5) is 0 Å². The second-order valence-corrected chi connectivity index (χ2v) is 5.38. The van der Waals surface area contributed by atoms with E-state index in [0.29, 0.717) is 19.0 Å². The minimum atomic E-state index is -0.0275. The first-order chi connectivity index (χ1) is 8.04. The Morgan fingerprint density at radius 3 is 2.82 bits per heavy atom. The van der Waals surface area contributed by atoms with Crippen molar-refractivity contribution in [2.24, 2.45) is 17.6 Å². The van der Waals surface area contributed by atoms with Crippen molar-refractivity contribution in [2.45, 2.75) is 39.7 Å².